The first-order chi connectivity index (χ1) is 7.54. The zero-order chi connectivity index (χ0) is 12.1. The Morgan fingerprint density at radius 2 is 2.00 bits per heavy atom. The van der Waals surface area contributed by atoms with Crippen LogP contribution in [0.3, 0.4) is 0 Å². The molecule has 0 aromatic carbocycles. The van der Waals surface area contributed by atoms with Crippen molar-refractivity contribution in [3.63, 3.8) is 0 Å². The number of hydrogen-bond acceptors (Lipinski definition) is 3. The molecule has 1 aromatic heterocycles. The van der Waals surface area contributed by atoms with Gasteiger partial charge in [0.1, 0.15) is 6.42 Å². The average molecular weight is 223 g/mol. The van der Waals surface area contributed by atoms with Gasteiger partial charge in [-0.3, -0.25) is 14.4 Å². The Labute approximate surface area is 92.5 Å². The van der Waals surface area contributed by atoms with Gasteiger partial charge in [-0.1, -0.05) is 6.92 Å². The first-order valence-electron chi connectivity index (χ1n) is 5.01. The number of aromatic nitrogens is 1. The highest BCUT2D eigenvalue weighted by Gasteiger charge is 2.14. The topological polar surface area (TPSA) is 87.2 Å². The van der Waals surface area contributed by atoms with E-state index < -0.39 is 18.2 Å². The Morgan fingerprint density at radius 3 is 2.56 bits per heavy atom. The Kier molecular flexibility index (Phi) is 3.99. The van der Waals surface area contributed by atoms with Crippen LogP contribution in [-0.2, 0) is 4.79 Å². The average Bonchev–Trinajstić information content (AvgIpc) is 2.65. The van der Waals surface area contributed by atoms with Crippen molar-refractivity contribution >= 4 is 17.5 Å². The lowest BCUT2D eigenvalue weighted by molar-refractivity contribution is -0.135. The molecule has 0 amide bonds. The molecule has 0 bridgehead atoms. The maximum Gasteiger partial charge on any atom is 0.311 e. The van der Waals surface area contributed by atoms with Gasteiger partial charge in [0, 0.05) is 18.2 Å². The van der Waals surface area contributed by atoms with Gasteiger partial charge >= 0.3 is 5.97 Å². The lowest BCUT2D eigenvalue weighted by Gasteiger charge is -1.93. The molecule has 0 unspecified atom stereocenters. The van der Waals surface area contributed by atoms with Gasteiger partial charge in [-0.05, 0) is 12.5 Å². The predicted octanol–water partition coefficient (Wildman–Crippen LogP) is 1.65. The SMILES string of the molecule is CCCC(=O)c1c[nH]c(C(=O)CC(=O)O)c1. The number of aromatic amines is 1. The fourth-order valence-corrected chi connectivity index (χ4v) is 1.32. The van der Waals surface area contributed by atoms with Gasteiger partial charge in [0.25, 0.3) is 0 Å². The molecule has 0 aliphatic rings. The molecule has 0 atom stereocenters. The van der Waals surface area contributed by atoms with Gasteiger partial charge in [-0.2, -0.15) is 0 Å². The van der Waals surface area contributed by atoms with Crippen LogP contribution in [0.25, 0.3) is 0 Å². The number of Topliss-reactive ketones (excluding diaryl/α,β-unsaturated/α-hetero) is 2. The molecule has 5 nitrogen and oxygen atoms in total. The van der Waals surface area contributed by atoms with Crippen LogP contribution in [0.1, 0.15) is 47.0 Å². The van der Waals surface area contributed by atoms with Gasteiger partial charge in [0.05, 0.1) is 5.69 Å². The summed E-state index contributed by atoms with van der Waals surface area (Å²) in [5.41, 5.74) is 0.595. The summed E-state index contributed by atoms with van der Waals surface area (Å²) in [6.07, 6.45) is 2.03. The van der Waals surface area contributed by atoms with Gasteiger partial charge in [0.2, 0.25) is 0 Å². The Hall–Kier alpha value is -1.91. The van der Waals surface area contributed by atoms with E-state index in [0.29, 0.717) is 12.0 Å². The van der Waals surface area contributed by atoms with Crippen LogP contribution >= 0.6 is 0 Å². The highest BCUT2D eigenvalue weighted by atomic mass is 16.4. The van der Waals surface area contributed by atoms with E-state index in [9.17, 15) is 14.4 Å². The molecule has 16 heavy (non-hydrogen) atoms. The Balaban J connectivity index is 2.74. The van der Waals surface area contributed by atoms with Crippen molar-refractivity contribution < 1.29 is 19.5 Å². The molecule has 0 spiro atoms. The maximum absolute atomic E-state index is 11.5. The number of ketones is 2. The quantitative estimate of drug-likeness (QED) is 0.567. The molecule has 1 rings (SSSR count). The van der Waals surface area contributed by atoms with Gasteiger partial charge in [0.15, 0.2) is 11.6 Å². The minimum atomic E-state index is -1.18. The van der Waals surface area contributed by atoms with E-state index in [1.807, 2.05) is 6.92 Å². The van der Waals surface area contributed by atoms with E-state index in [1.54, 1.807) is 0 Å². The number of H-pyrrole nitrogens is 1. The van der Waals surface area contributed by atoms with E-state index in [1.165, 1.54) is 12.3 Å². The number of hydrogen-bond donors (Lipinski definition) is 2. The number of carboxylic acids is 1. The molecule has 5 heteroatoms. The molecular formula is C11H13NO4. The van der Waals surface area contributed by atoms with Crippen molar-refractivity contribution in [1.82, 2.24) is 4.98 Å². The zero-order valence-electron chi connectivity index (χ0n) is 8.95. The summed E-state index contributed by atoms with van der Waals surface area (Å²) >= 11 is 0. The van der Waals surface area contributed by atoms with Crippen LogP contribution in [0.2, 0.25) is 0 Å². The summed E-state index contributed by atoms with van der Waals surface area (Å²) in [6.45, 7) is 1.89. The summed E-state index contributed by atoms with van der Waals surface area (Å²) in [4.78, 5) is 35.7. The first-order valence-corrected chi connectivity index (χ1v) is 5.01. The van der Waals surface area contributed by atoms with Crippen molar-refractivity contribution in [3.05, 3.63) is 23.5 Å². The molecule has 2 N–H and O–H groups in total. The van der Waals surface area contributed by atoms with Crippen LogP contribution in [0, 0.1) is 0 Å². The summed E-state index contributed by atoms with van der Waals surface area (Å²) in [5.74, 6) is -1.75. The molecular weight excluding hydrogens is 210 g/mol. The molecule has 1 aromatic rings. The second-order valence-electron chi connectivity index (χ2n) is 3.47. The van der Waals surface area contributed by atoms with Crippen molar-refractivity contribution in [2.24, 2.45) is 0 Å². The number of carbonyl (C=O) groups excluding carboxylic acids is 2. The molecule has 0 fully saturated rings. The van der Waals surface area contributed by atoms with Crippen molar-refractivity contribution in [2.45, 2.75) is 26.2 Å². The zero-order valence-corrected chi connectivity index (χ0v) is 8.95. The largest absolute Gasteiger partial charge is 0.481 e. The molecule has 1 heterocycles. The number of nitrogens with one attached hydrogen (secondary N) is 1. The minimum Gasteiger partial charge on any atom is -0.481 e. The lowest BCUT2D eigenvalue weighted by Crippen LogP contribution is -2.07. The van der Waals surface area contributed by atoms with Crippen LogP contribution in [-0.4, -0.2) is 27.6 Å². The molecule has 86 valence electrons. The van der Waals surface area contributed by atoms with Crippen LogP contribution in [0.5, 0.6) is 0 Å². The van der Waals surface area contributed by atoms with Crippen molar-refractivity contribution in [1.29, 1.82) is 0 Å². The summed E-state index contributed by atoms with van der Waals surface area (Å²) in [6, 6.07) is 1.41. The molecule has 0 saturated heterocycles. The number of aliphatic carboxylic acids is 1. The van der Waals surface area contributed by atoms with E-state index in [2.05, 4.69) is 4.98 Å². The molecule has 0 aliphatic heterocycles. The first kappa shape index (κ1) is 12.2. The Morgan fingerprint density at radius 1 is 1.31 bits per heavy atom. The third kappa shape index (κ3) is 3.05. The summed E-state index contributed by atoms with van der Waals surface area (Å²) < 4.78 is 0. The van der Waals surface area contributed by atoms with E-state index in [0.717, 1.165) is 6.42 Å². The minimum absolute atomic E-state index is 0.0480. The molecule has 0 saturated carbocycles. The van der Waals surface area contributed by atoms with Gasteiger partial charge < -0.3 is 10.1 Å². The van der Waals surface area contributed by atoms with E-state index in [-0.39, 0.29) is 11.5 Å². The molecule has 0 radical (unpaired) electrons. The molecule has 0 aliphatic carbocycles. The number of carbonyl (C=O) groups is 3. The highest BCUT2D eigenvalue weighted by molar-refractivity contribution is 6.06. The van der Waals surface area contributed by atoms with Crippen molar-refractivity contribution in [2.75, 3.05) is 0 Å². The monoisotopic (exact) mass is 223 g/mol. The third-order valence-corrected chi connectivity index (χ3v) is 2.09. The van der Waals surface area contributed by atoms with E-state index >= 15 is 0 Å². The lowest BCUT2D eigenvalue weighted by atomic mass is 10.1. The normalized spacial score (nSPS) is 10.1. The van der Waals surface area contributed by atoms with Gasteiger partial charge in [-0.15, -0.1) is 0 Å². The highest BCUT2D eigenvalue weighted by Crippen LogP contribution is 2.09. The van der Waals surface area contributed by atoms with Crippen LogP contribution < -0.4 is 0 Å². The van der Waals surface area contributed by atoms with Crippen LogP contribution in [0.4, 0.5) is 0 Å². The second kappa shape index (κ2) is 5.25. The predicted molar refractivity (Wildman–Crippen MR) is 56.6 cm³/mol. The maximum atomic E-state index is 11.5. The second-order valence-corrected chi connectivity index (χ2v) is 3.47. The van der Waals surface area contributed by atoms with E-state index in [4.69, 9.17) is 5.11 Å². The van der Waals surface area contributed by atoms with Gasteiger partial charge in [-0.25, -0.2) is 0 Å². The smallest absolute Gasteiger partial charge is 0.311 e. The fraction of sp³-hybridized carbons (Fsp3) is 0.364. The van der Waals surface area contributed by atoms with Crippen molar-refractivity contribution in [3.8, 4) is 0 Å². The summed E-state index contributed by atoms with van der Waals surface area (Å²) in [5, 5.41) is 8.44. The number of rotatable bonds is 6. The fourth-order valence-electron chi connectivity index (χ4n) is 1.32. The number of carboxylic acid groups (broad SMARTS) is 1. The Bertz CT molecular complexity index is 419. The third-order valence-electron chi connectivity index (χ3n) is 2.09. The summed E-state index contributed by atoms with van der Waals surface area (Å²) in [7, 11) is 0. The van der Waals surface area contributed by atoms with Crippen LogP contribution in [0.15, 0.2) is 12.3 Å². The standard InChI is InChI=1S/C11H13NO4/c1-2-3-9(13)7-4-8(12-6-7)10(14)5-11(15)16/h4,6,12H,2-3,5H2,1H3,(H,15,16).